The number of likely N-dealkylation sites (tertiary alicyclic amines) is 1. The minimum Gasteiger partial charge on any atom is -0.370 e. The van der Waals surface area contributed by atoms with Crippen molar-refractivity contribution in [3.63, 3.8) is 0 Å². The van der Waals surface area contributed by atoms with Crippen molar-refractivity contribution in [2.75, 3.05) is 37.7 Å². The Bertz CT molecular complexity index is 775. The lowest BCUT2D eigenvalue weighted by Crippen LogP contribution is -2.40. The fourth-order valence-electron chi connectivity index (χ4n) is 3.63. The van der Waals surface area contributed by atoms with Crippen LogP contribution in [0.15, 0.2) is 42.6 Å². The summed E-state index contributed by atoms with van der Waals surface area (Å²) in [5, 5.41) is 0.713. The Kier molecular flexibility index (Phi) is 5.09. The number of carbonyl (C=O) groups is 1. The lowest BCUT2D eigenvalue weighted by molar-refractivity contribution is 0.0393. The molecule has 0 saturated carbocycles. The largest absolute Gasteiger partial charge is 0.370 e. The topological polar surface area (TPSA) is 45.7 Å². The molecule has 0 N–H and O–H groups in total. The van der Waals surface area contributed by atoms with E-state index in [1.165, 1.54) is 0 Å². The Hall–Kier alpha value is -2.11. The number of nitrogens with zero attached hydrogens (tertiary/aromatic N) is 3. The van der Waals surface area contributed by atoms with Gasteiger partial charge in [-0.15, -0.1) is 0 Å². The molecule has 3 heterocycles. The predicted molar refractivity (Wildman–Crippen MR) is 102 cm³/mol. The number of hydrogen-bond acceptors (Lipinski definition) is 4. The van der Waals surface area contributed by atoms with Crippen LogP contribution in [0.2, 0.25) is 5.02 Å². The Balaban J connectivity index is 1.57. The third kappa shape index (κ3) is 3.55. The molecular weight excluding hydrogens is 350 g/mol. The number of rotatable bonds is 3. The van der Waals surface area contributed by atoms with Crippen LogP contribution in [0.1, 0.15) is 34.9 Å². The minimum atomic E-state index is -0.0576. The van der Waals surface area contributed by atoms with Gasteiger partial charge in [0.25, 0.3) is 5.91 Å². The van der Waals surface area contributed by atoms with E-state index in [0.29, 0.717) is 23.7 Å². The molecule has 1 aromatic heterocycles. The summed E-state index contributed by atoms with van der Waals surface area (Å²) in [5.74, 6) is 0.840. The van der Waals surface area contributed by atoms with E-state index in [2.05, 4.69) is 9.88 Å². The lowest BCUT2D eigenvalue weighted by atomic mass is 10.1. The molecule has 1 atom stereocenters. The zero-order chi connectivity index (χ0) is 17.9. The van der Waals surface area contributed by atoms with Gasteiger partial charge in [0.15, 0.2) is 0 Å². The van der Waals surface area contributed by atoms with Crippen LogP contribution < -0.4 is 4.90 Å². The van der Waals surface area contributed by atoms with Gasteiger partial charge in [-0.05, 0) is 42.7 Å². The summed E-state index contributed by atoms with van der Waals surface area (Å²) in [6, 6.07) is 11.5. The van der Waals surface area contributed by atoms with Crippen molar-refractivity contribution >= 4 is 23.3 Å². The maximum atomic E-state index is 12.9. The highest BCUT2D eigenvalue weighted by Crippen LogP contribution is 2.28. The fraction of sp³-hybridized carbons (Fsp3) is 0.400. The van der Waals surface area contributed by atoms with Gasteiger partial charge in [-0.3, -0.25) is 4.79 Å². The first-order valence-corrected chi connectivity index (χ1v) is 9.46. The summed E-state index contributed by atoms with van der Waals surface area (Å²) in [6.45, 7) is 3.66. The molecule has 1 amide bonds. The molecule has 0 radical (unpaired) electrons. The molecule has 0 aliphatic carbocycles. The van der Waals surface area contributed by atoms with E-state index in [9.17, 15) is 4.79 Å². The second-order valence-electron chi connectivity index (χ2n) is 6.73. The Morgan fingerprint density at radius 2 is 1.88 bits per heavy atom. The number of halogens is 1. The quantitative estimate of drug-likeness (QED) is 0.827. The summed E-state index contributed by atoms with van der Waals surface area (Å²) < 4.78 is 5.95. The van der Waals surface area contributed by atoms with Crippen LogP contribution in [0.25, 0.3) is 0 Å². The third-order valence-corrected chi connectivity index (χ3v) is 5.27. The Morgan fingerprint density at radius 3 is 2.65 bits per heavy atom. The van der Waals surface area contributed by atoms with Crippen molar-refractivity contribution in [3.05, 3.63) is 58.7 Å². The van der Waals surface area contributed by atoms with Crippen LogP contribution >= 0.6 is 11.6 Å². The summed E-state index contributed by atoms with van der Waals surface area (Å²) >= 11 is 5.99. The summed E-state index contributed by atoms with van der Waals surface area (Å²) in [7, 11) is 0. The SMILES string of the molecule is O=C(c1cccnc1N1CCOC(c2ccc(Cl)cc2)C1)N1CCCC1. The van der Waals surface area contributed by atoms with Crippen LogP contribution in [0, 0.1) is 0 Å². The Labute approximate surface area is 158 Å². The number of carbonyl (C=O) groups excluding carboxylic acids is 1. The molecule has 2 fully saturated rings. The average molecular weight is 372 g/mol. The standard InChI is InChI=1S/C20H22ClN3O2/c21-16-7-5-15(6-8-16)18-14-24(12-13-26-18)19-17(4-3-9-22-19)20(25)23-10-1-2-11-23/h3-9,18H,1-2,10-14H2. The zero-order valence-electron chi connectivity index (χ0n) is 14.6. The van der Waals surface area contributed by atoms with Crippen molar-refractivity contribution < 1.29 is 9.53 Å². The van der Waals surface area contributed by atoms with Crippen molar-refractivity contribution in [1.29, 1.82) is 0 Å². The van der Waals surface area contributed by atoms with E-state index in [-0.39, 0.29) is 12.0 Å². The number of ether oxygens (including phenoxy) is 1. The van der Waals surface area contributed by atoms with Crippen LogP contribution in [0.5, 0.6) is 0 Å². The van der Waals surface area contributed by atoms with Crippen LogP contribution in [0.4, 0.5) is 5.82 Å². The second-order valence-corrected chi connectivity index (χ2v) is 7.17. The van der Waals surface area contributed by atoms with E-state index in [0.717, 1.165) is 43.9 Å². The summed E-state index contributed by atoms with van der Waals surface area (Å²) in [5.41, 5.74) is 1.77. The summed E-state index contributed by atoms with van der Waals surface area (Å²) in [4.78, 5) is 21.5. The molecule has 5 nitrogen and oxygen atoms in total. The molecule has 6 heteroatoms. The van der Waals surface area contributed by atoms with E-state index in [1.807, 2.05) is 41.3 Å². The normalized spacial score (nSPS) is 20.4. The zero-order valence-corrected chi connectivity index (χ0v) is 15.4. The second kappa shape index (κ2) is 7.64. The number of benzene rings is 1. The first-order valence-electron chi connectivity index (χ1n) is 9.09. The maximum absolute atomic E-state index is 12.9. The molecule has 2 aromatic rings. The molecule has 2 aliphatic heterocycles. The smallest absolute Gasteiger partial charge is 0.257 e. The highest BCUT2D eigenvalue weighted by Gasteiger charge is 2.28. The highest BCUT2D eigenvalue weighted by atomic mass is 35.5. The molecule has 26 heavy (non-hydrogen) atoms. The predicted octanol–water partition coefficient (Wildman–Crippen LogP) is 3.55. The Morgan fingerprint density at radius 1 is 1.12 bits per heavy atom. The third-order valence-electron chi connectivity index (χ3n) is 5.02. The van der Waals surface area contributed by atoms with Crippen LogP contribution in [-0.4, -0.2) is 48.6 Å². The van der Waals surface area contributed by atoms with E-state index in [1.54, 1.807) is 6.20 Å². The van der Waals surface area contributed by atoms with Crippen molar-refractivity contribution in [1.82, 2.24) is 9.88 Å². The molecular formula is C20H22ClN3O2. The molecule has 2 aliphatic rings. The molecule has 2 saturated heterocycles. The van der Waals surface area contributed by atoms with Gasteiger partial charge in [-0.2, -0.15) is 0 Å². The van der Waals surface area contributed by atoms with Crippen molar-refractivity contribution in [2.45, 2.75) is 18.9 Å². The number of aromatic nitrogens is 1. The van der Waals surface area contributed by atoms with Gasteiger partial charge in [0, 0.05) is 37.4 Å². The van der Waals surface area contributed by atoms with E-state index in [4.69, 9.17) is 16.3 Å². The van der Waals surface area contributed by atoms with Gasteiger partial charge < -0.3 is 14.5 Å². The van der Waals surface area contributed by atoms with Gasteiger partial charge in [0.1, 0.15) is 11.9 Å². The lowest BCUT2D eigenvalue weighted by Gasteiger charge is -2.35. The number of morpholine rings is 1. The van der Waals surface area contributed by atoms with E-state index < -0.39 is 0 Å². The highest BCUT2D eigenvalue weighted by molar-refractivity contribution is 6.30. The van der Waals surface area contributed by atoms with Crippen molar-refractivity contribution in [3.8, 4) is 0 Å². The van der Waals surface area contributed by atoms with Crippen LogP contribution in [-0.2, 0) is 4.74 Å². The van der Waals surface area contributed by atoms with Gasteiger partial charge >= 0.3 is 0 Å². The fourth-order valence-corrected chi connectivity index (χ4v) is 3.75. The number of anilines is 1. The van der Waals surface area contributed by atoms with Gasteiger partial charge in [-0.1, -0.05) is 23.7 Å². The maximum Gasteiger partial charge on any atom is 0.257 e. The molecule has 1 unspecified atom stereocenters. The van der Waals surface area contributed by atoms with Gasteiger partial charge in [0.05, 0.1) is 12.2 Å². The molecule has 136 valence electrons. The molecule has 4 rings (SSSR count). The van der Waals surface area contributed by atoms with Gasteiger partial charge in [-0.25, -0.2) is 4.98 Å². The van der Waals surface area contributed by atoms with Crippen LogP contribution in [0.3, 0.4) is 0 Å². The number of pyridine rings is 1. The van der Waals surface area contributed by atoms with Crippen molar-refractivity contribution in [2.24, 2.45) is 0 Å². The molecule has 0 bridgehead atoms. The average Bonchev–Trinajstić information content (AvgIpc) is 3.23. The monoisotopic (exact) mass is 371 g/mol. The first kappa shape index (κ1) is 17.3. The summed E-state index contributed by atoms with van der Waals surface area (Å²) in [6.07, 6.45) is 3.86. The number of hydrogen-bond donors (Lipinski definition) is 0. The molecule has 0 spiro atoms. The molecule has 1 aromatic carbocycles. The van der Waals surface area contributed by atoms with E-state index >= 15 is 0 Å². The number of amides is 1. The van der Waals surface area contributed by atoms with Gasteiger partial charge in [0.2, 0.25) is 0 Å². The minimum absolute atomic E-state index is 0.0576. The first-order chi connectivity index (χ1) is 12.7.